The average Bonchev–Trinajstić information content (AvgIpc) is 2.89. The lowest BCUT2D eigenvalue weighted by molar-refractivity contribution is 0.0914. The summed E-state index contributed by atoms with van der Waals surface area (Å²) in [6, 6.07) is 23.3. The fourth-order valence-electron chi connectivity index (χ4n) is 4.00. The molecule has 0 aliphatic rings. The van der Waals surface area contributed by atoms with Gasteiger partial charge in [-0.1, -0.05) is 73.7 Å². The number of aldehydes is 1. The molecule has 6 heteroatoms. The molecule has 0 radical (unpaired) electrons. The Kier molecular flexibility index (Phi) is 7.31. The van der Waals surface area contributed by atoms with Crippen molar-refractivity contribution in [1.29, 1.82) is 0 Å². The average molecular weight is 467 g/mol. The lowest BCUT2D eigenvalue weighted by Gasteiger charge is -2.12. The van der Waals surface area contributed by atoms with E-state index in [1.54, 1.807) is 48.5 Å². The fraction of sp³-hybridized carbons (Fsp3) is 0.172. The van der Waals surface area contributed by atoms with Gasteiger partial charge in [-0.2, -0.15) is 0 Å². The number of hydrogen-bond donors (Lipinski definition) is 1. The summed E-state index contributed by atoms with van der Waals surface area (Å²) in [5.41, 5.74) is 3.23. The van der Waals surface area contributed by atoms with Crippen molar-refractivity contribution >= 4 is 29.0 Å². The van der Waals surface area contributed by atoms with Crippen molar-refractivity contribution in [2.24, 2.45) is 0 Å². The summed E-state index contributed by atoms with van der Waals surface area (Å²) in [6.07, 6.45) is 2.29. The van der Waals surface area contributed by atoms with Gasteiger partial charge in [-0.15, -0.1) is 0 Å². The van der Waals surface area contributed by atoms with Crippen LogP contribution in [0.25, 0.3) is 10.9 Å². The first kappa shape index (κ1) is 23.8. The van der Waals surface area contributed by atoms with Gasteiger partial charge in [-0.3, -0.25) is 19.2 Å². The molecule has 0 atom stereocenters. The number of hydrogen-bond acceptors (Lipinski definition) is 4. The van der Waals surface area contributed by atoms with Crippen LogP contribution in [0.5, 0.6) is 0 Å². The second-order valence-electron chi connectivity index (χ2n) is 8.36. The maximum Gasteiger partial charge on any atom is 0.270 e. The quantitative estimate of drug-likeness (QED) is 0.394. The summed E-state index contributed by atoms with van der Waals surface area (Å²) in [7, 11) is 0. The maximum absolute atomic E-state index is 13.3. The molecule has 0 aliphatic heterocycles. The van der Waals surface area contributed by atoms with E-state index in [9.17, 15) is 19.2 Å². The third-order valence-electron chi connectivity index (χ3n) is 6.01. The molecule has 0 bridgehead atoms. The second kappa shape index (κ2) is 10.7. The number of carbonyl (C=O) groups is 3. The van der Waals surface area contributed by atoms with Crippen LogP contribution in [0.3, 0.4) is 0 Å². The lowest BCUT2D eigenvalue weighted by Crippen LogP contribution is -2.36. The summed E-state index contributed by atoms with van der Waals surface area (Å²) >= 11 is 0. The van der Waals surface area contributed by atoms with Crippen molar-refractivity contribution in [2.45, 2.75) is 26.2 Å². The van der Waals surface area contributed by atoms with E-state index in [-0.39, 0.29) is 12.0 Å². The van der Waals surface area contributed by atoms with Crippen LogP contribution >= 0.6 is 0 Å². The third kappa shape index (κ3) is 5.44. The van der Waals surface area contributed by atoms with Crippen LogP contribution < -0.4 is 10.9 Å². The second-order valence-corrected chi connectivity index (χ2v) is 8.36. The molecule has 4 aromatic rings. The SMILES string of the molecule is CCc1ccc(CCNC(=O)c2cc3ccccc3n(C(=O)Cc3ccc(C=O)cc3)c2=O)cc1. The summed E-state index contributed by atoms with van der Waals surface area (Å²) in [5.74, 6) is -0.960. The van der Waals surface area contributed by atoms with E-state index in [0.717, 1.165) is 22.8 Å². The zero-order valence-electron chi connectivity index (χ0n) is 19.5. The van der Waals surface area contributed by atoms with E-state index < -0.39 is 17.4 Å². The highest BCUT2D eigenvalue weighted by Crippen LogP contribution is 2.15. The molecular weight excluding hydrogens is 440 g/mol. The Labute approximate surface area is 203 Å². The van der Waals surface area contributed by atoms with Crippen LogP contribution in [0.4, 0.5) is 0 Å². The summed E-state index contributed by atoms with van der Waals surface area (Å²) in [6.45, 7) is 2.47. The van der Waals surface area contributed by atoms with Crippen molar-refractivity contribution in [3.05, 3.63) is 117 Å². The number of pyridine rings is 1. The zero-order valence-corrected chi connectivity index (χ0v) is 19.5. The number of aromatic nitrogens is 1. The zero-order chi connectivity index (χ0) is 24.8. The molecule has 0 unspecified atom stereocenters. The molecule has 1 heterocycles. The molecule has 176 valence electrons. The highest BCUT2D eigenvalue weighted by atomic mass is 16.2. The van der Waals surface area contributed by atoms with Crippen molar-refractivity contribution < 1.29 is 14.4 Å². The van der Waals surface area contributed by atoms with E-state index >= 15 is 0 Å². The Bertz CT molecular complexity index is 1430. The Morgan fingerprint density at radius 3 is 2.23 bits per heavy atom. The molecule has 1 N–H and O–H groups in total. The number of nitrogens with zero attached hydrogens (tertiary/aromatic N) is 1. The first-order valence-corrected chi connectivity index (χ1v) is 11.6. The Morgan fingerprint density at radius 2 is 1.54 bits per heavy atom. The van der Waals surface area contributed by atoms with Gasteiger partial charge >= 0.3 is 0 Å². The van der Waals surface area contributed by atoms with Gasteiger partial charge < -0.3 is 5.32 Å². The molecule has 3 aromatic carbocycles. The van der Waals surface area contributed by atoms with Crippen LogP contribution in [0.2, 0.25) is 0 Å². The van der Waals surface area contributed by atoms with E-state index in [2.05, 4.69) is 24.4 Å². The van der Waals surface area contributed by atoms with Crippen LogP contribution in [-0.4, -0.2) is 29.2 Å². The predicted octanol–water partition coefficient (Wildman–Crippen LogP) is 4.23. The predicted molar refractivity (Wildman–Crippen MR) is 136 cm³/mol. The Balaban J connectivity index is 1.57. The van der Waals surface area contributed by atoms with E-state index in [1.807, 2.05) is 12.1 Å². The number of benzene rings is 3. The van der Waals surface area contributed by atoms with Gasteiger partial charge in [0.2, 0.25) is 5.91 Å². The molecule has 0 aliphatic carbocycles. The Morgan fingerprint density at radius 1 is 0.886 bits per heavy atom. The van der Waals surface area contributed by atoms with Crippen molar-refractivity contribution in [3.8, 4) is 0 Å². The number of aryl methyl sites for hydroxylation is 1. The normalized spacial score (nSPS) is 10.8. The first-order chi connectivity index (χ1) is 17.0. The number of carbonyl (C=O) groups excluding carboxylic acids is 3. The standard InChI is InChI=1S/C29H26N2O4/c1-2-20-7-9-21(10-8-20)15-16-30-28(34)25-18-24-5-3-4-6-26(24)31(29(25)35)27(33)17-22-11-13-23(19-32)14-12-22/h3-14,18-19H,2,15-17H2,1H3,(H,30,34). The van der Waals surface area contributed by atoms with Crippen LogP contribution in [0.15, 0.2) is 83.7 Å². The highest BCUT2D eigenvalue weighted by molar-refractivity contribution is 6.00. The first-order valence-electron chi connectivity index (χ1n) is 11.6. The number of para-hydroxylation sites is 1. The summed E-state index contributed by atoms with van der Waals surface area (Å²) in [4.78, 5) is 50.3. The highest BCUT2D eigenvalue weighted by Gasteiger charge is 2.19. The third-order valence-corrected chi connectivity index (χ3v) is 6.01. The topological polar surface area (TPSA) is 85.2 Å². The summed E-state index contributed by atoms with van der Waals surface area (Å²) < 4.78 is 1.07. The monoisotopic (exact) mass is 466 g/mol. The van der Waals surface area contributed by atoms with Crippen LogP contribution in [-0.2, 0) is 19.3 Å². The fourth-order valence-corrected chi connectivity index (χ4v) is 4.00. The number of fused-ring (bicyclic) bond motifs is 1. The van der Waals surface area contributed by atoms with Gasteiger partial charge in [0.15, 0.2) is 0 Å². The van der Waals surface area contributed by atoms with Gasteiger partial charge in [0.1, 0.15) is 11.8 Å². The molecule has 0 fully saturated rings. The molecule has 0 saturated heterocycles. The molecule has 4 rings (SSSR count). The smallest absolute Gasteiger partial charge is 0.270 e. The largest absolute Gasteiger partial charge is 0.352 e. The minimum atomic E-state index is -0.650. The minimum Gasteiger partial charge on any atom is -0.352 e. The maximum atomic E-state index is 13.3. The molecule has 0 saturated carbocycles. The van der Waals surface area contributed by atoms with Crippen molar-refractivity contribution in [2.75, 3.05) is 6.54 Å². The molecule has 1 amide bonds. The van der Waals surface area contributed by atoms with Gasteiger partial charge in [0.05, 0.1) is 11.9 Å². The summed E-state index contributed by atoms with van der Waals surface area (Å²) in [5, 5.41) is 3.44. The van der Waals surface area contributed by atoms with Gasteiger partial charge in [0, 0.05) is 12.1 Å². The van der Waals surface area contributed by atoms with E-state index in [4.69, 9.17) is 0 Å². The van der Waals surface area contributed by atoms with Crippen molar-refractivity contribution in [3.63, 3.8) is 0 Å². The lowest BCUT2D eigenvalue weighted by atomic mass is 10.1. The number of amides is 1. The number of rotatable bonds is 8. The minimum absolute atomic E-state index is 0.0398. The molecular formula is C29H26N2O4. The molecule has 1 aromatic heterocycles. The van der Waals surface area contributed by atoms with Crippen LogP contribution in [0.1, 0.15) is 49.1 Å². The molecule has 6 nitrogen and oxygen atoms in total. The van der Waals surface area contributed by atoms with E-state index in [0.29, 0.717) is 35.0 Å². The molecule has 0 spiro atoms. The van der Waals surface area contributed by atoms with Crippen molar-refractivity contribution in [1.82, 2.24) is 9.88 Å². The van der Waals surface area contributed by atoms with Crippen LogP contribution in [0, 0.1) is 0 Å². The van der Waals surface area contributed by atoms with Gasteiger partial charge in [-0.05, 0) is 47.1 Å². The molecule has 35 heavy (non-hydrogen) atoms. The van der Waals surface area contributed by atoms with Gasteiger partial charge in [-0.25, -0.2) is 4.57 Å². The van der Waals surface area contributed by atoms with E-state index in [1.165, 1.54) is 11.6 Å². The number of nitrogens with one attached hydrogen (secondary N) is 1. The van der Waals surface area contributed by atoms with Gasteiger partial charge in [0.25, 0.3) is 11.5 Å². The Hall–Kier alpha value is -4.32.